The Balaban J connectivity index is 3.49. The Morgan fingerprint density at radius 2 is 1.83 bits per heavy atom. The molecule has 64 valence electrons. The molecule has 0 bridgehead atoms. The molecule has 0 spiro atoms. The first-order chi connectivity index (χ1) is 5.57. The number of aromatic hydroxyl groups is 1. The van der Waals surface area contributed by atoms with Gasteiger partial charge in [0.05, 0.1) is 3.57 Å². The predicted octanol–water partition coefficient (Wildman–Crippen LogP) is 3.85. The van der Waals surface area contributed by atoms with Gasteiger partial charge in [0.2, 0.25) is 0 Å². The highest BCUT2D eigenvalue weighted by Crippen LogP contribution is 2.32. The van der Waals surface area contributed by atoms with Crippen LogP contribution in [0.5, 0.6) is 5.75 Å². The zero-order chi connectivity index (χ0) is 9.30. The lowest BCUT2D eigenvalue weighted by atomic mass is 10.2. The third-order valence-electron chi connectivity index (χ3n) is 1.39. The van der Waals surface area contributed by atoms with Crippen LogP contribution in [0.1, 0.15) is 5.56 Å². The molecule has 12 heavy (non-hydrogen) atoms. The van der Waals surface area contributed by atoms with Crippen molar-refractivity contribution in [3.63, 3.8) is 0 Å². The van der Waals surface area contributed by atoms with Crippen molar-refractivity contribution >= 4 is 73.8 Å². The van der Waals surface area contributed by atoms with E-state index in [2.05, 4.69) is 74.4 Å². The van der Waals surface area contributed by atoms with Gasteiger partial charge in [-0.3, -0.25) is 0 Å². The van der Waals surface area contributed by atoms with E-state index in [0.29, 0.717) is 5.75 Å². The molecule has 0 aliphatic carbocycles. The largest absolute Gasteiger partial charge is 0.506 e. The molecule has 0 saturated carbocycles. The highest BCUT2D eigenvalue weighted by Gasteiger charge is 2.09. The molecule has 0 radical (unpaired) electrons. The minimum Gasteiger partial charge on any atom is -0.506 e. The molecule has 4 heteroatoms. The number of halogens is 3. The molecular formula is C8H5I3O. The highest BCUT2D eigenvalue weighted by atomic mass is 127. The predicted molar refractivity (Wildman–Crippen MR) is 76.3 cm³/mol. The van der Waals surface area contributed by atoms with Gasteiger partial charge in [-0.15, -0.1) is 0 Å². The van der Waals surface area contributed by atoms with E-state index in [0.717, 1.165) is 16.3 Å². The molecule has 0 saturated heterocycles. The molecule has 0 amide bonds. The molecule has 0 unspecified atom stereocenters. The molecule has 1 aromatic rings. The smallest absolute Gasteiger partial charge is 0.137 e. The van der Waals surface area contributed by atoms with Gasteiger partial charge in [0.15, 0.2) is 0 Å². The monoisotopic (exact) mass is 498 g/mol. The molecule has 1 rings (SSSR count). The van der Waals surface area contributed by atoms with Gasteiger partial charge in [-0.1, -0.05) is 12.7 Å². The van der Waals surface area contributed by atoms with Crippen LogP contribution in [0, 0.1) is 10.7 Å². The number of hydrogen-bond acceptors (Lipinski definition) is 1. The number of phenols is 1. The van der Waals surface area contributed by atoms with E-state index in [4.69, 9.17) is 0 Å². The van der Waals surface area contributed by atoms with Crippen LogP contribution in [0.15, 0.2) is 12.6 Å². The molecule has 0 heterocycles. The molecule has 1 nitrogen and oxygen atoms in total. The topological polar surface area (TPSA) is 20.2 Å². The molecule has 0 aliphatic heterocycles. The molecule has 1 aromatic carbocycles. The third kappa shape index (κ3) is 2.06. The van der Waals surface area contributed by atoms with E-state index in [9.17, 15) is 5.11 Å². The minimum atomic E-state index is 0.329. The second kappa shape index (κ2) is 4.45. The summed E-state index contributed by atoms with van der Waals surface area (Å²) in [5.74, 6) is 0.329. The van der Waals surface area contributed by atoms with Crippen molar-refractivity contribution in [3.8, 4) is 5.75 Å². The van der Waals surface area contributed by atoms with Crippen molar-refractivity contribution in [2.75, 3.05) is 0 Å². The minimum absolute atomic E-state index is 0.329. The maximum Gasteiger partial charge on any atom is 0.137 e. The van der Waals surface area contributed by atoms with Crippen LogP contribution in [0.2, 0.25) is 0 Å². The first-order valence-electron chi connectivity index (χ1n) is 3.06. The fraction of sp³-hybridized carbons (Fsp3) is 0. The van der Waals surface area contributed by atoms with Gasteiger partial charge < -0.3 is 5.11 Å². The lowest BCUT2D eigenvalue weighted by molar-refractivity contribution is 0.469. The van der Waals surface area contributed by atoms with E-state index in [1.165, 1.54) is 0 Å². The lowest BCUT2D eigenvalue weighted by Crippen LogP contribution is -1.88. The van der Waals surface area contributed by atoms with Crippen molar-refractivity contribution < 1.29 is 5.11 Å². The van der Waals surface area contributed by atoms with Crippen LogP contribution in [0.3, 0.4) is 0 Å². The van der Waals surface area contributed by atoms with Crippen LogP contribution in [-0.4, -0.2) is 5.11 Å². The zero-order valence-electron chi connectivity index (χ0n) is 5.94. The van der Waals surface area contributed by atoms with Gasteiger partial charge >= 0.3 is 0 Å². The number of rotatable bonds is 1. The Hall–Kier alpha value is 0.950. The van der Waals surface area contributed by atoms with E-state index in [1.54, 1.807) is 6.08 Å². The number of phenolic OH excluding ortho intramolecular Hbond substituents is 1. The van der Waals surface area contributed by atoms with Crippen LogP contribution < -0.4 is 0 Å². The van der Waals surface area contributed by atoms with E-state index < -0.39 is 0 Å². The fourth-order valence-corrected chi connectivity index (χ4v) is 2.89. The Morgan fingerprint density at radius 1 is 1.25 bits per heavy atom. The quantitative estimate of drug-likeness (QED) is 0.462. The number of benzene rings is 1. The van der Waals surface area contributed by atoms with Crippen molar-refractivity contribution in [2.24, 2.45) is 0 Å². The van der Waals surface area contributed by atoms with Gasteiger partial charge in [-0.25, -0.2) is 0 Å². The Bertz CT molecular complexity index is 334. The summed E-state index contributed by atoms with van der Waals surface area (Å²) in [6.45, 7) is 3.63. The molecule has 0 fully saturated rings. The summed E-state index contributed by atoms with van der Waals surface area (Å²) in [4.78, 5) is 0. The highest BCUT2D eigenvalue weighted by molar-refractivity contribution is 14.1. The van der Waals surface area contributed by atoms with Gasteiger partial charge in [0.1, 0.15) is 5.75 Å². The molecular weight excluding hydrogens is 493 g/mol. The van der Waals surface area contributed by atoms with Crippen molar-refractivity contribution in [2.45, 2.75) is 0 Å². The summed E-state index contributed by atoms with van der Waals surface area (Å²) in [5.41, 5.74) is 0.796. The Morgan fingerprint density at radius 3 is 2.33 bits per heavy atom. The van der Waals surface area contributed by atoms with E-state index >= 15 is 0 Å². The van der Waals surface area contributed by atoms with Crippen LogP contribution >= 0.6 is 67.8 Å². The maximum atomic E-state index is 9.62. The Kier molecular flexibility index (Phi) is 4.09. The zero-order valence-corrected chi connectivity index (χ0v) is 12.4. The summed E-state index contributed by atoms with van der Waals surface area (Å²) in [5, 5.41) is 9.62. The Labute approximate surface area is 112 Å². The van der Waals surface area contributed by atoms with Gasteiger partial charge in [0, 0.05) is 12.7 Å². The van der Waals surface area contributed by atoms with Crippen LogP contribution in [0.25, 0.3) is 6.08 Å². The van der Waals surface area contributed by atoms with Crippen molar-refractivity contribution in [1.82, 2.24) is 0 Å². The summed E-state index contributed by atoms with van der Waals surface area (Å²) in [7, 11) is 0. The van der Waals surface area contributed by atoms with Gasteiger partial charge in [-0.2, -0.15) is 0 Å². The van der Waals surface area contributed by atoms with Crippen molar-refractivity contribution in [1.29, 1.82) is 0 Å². The van der Waals surface area contributed by atoms with Crippen molar-refractivity contribution in [3.05, 3.63) is 28.9 Å². The van der Waals surface area contributed by atoms with E-state index in [1.807, 2.05) is 6.07 Å². The molecule has 0 aromatic heterocycles. The standard InChI is InChI=1S/C8H5I3O/c1-2-4-3-5(9)6(10)7(11)8(4)12/h2-3,12H,1H2. The molecule has 0 aliphatic rings. The van der Waals surface area contributed by atoms with E-state index in [-0.39, 0.29) is 0 Å². The third-order valence-corrected chi connectivity index (χ3v) is 6.47. The summed E-state index contributed by atoms with van der Waals surface area (Å²) in [6.07, 6.45) is 1.66. The summed E-state index contributed by atoms with van der Waals surface area (Å²) in [6, 6.07) is 1.92. The summed E-state index contributed by atoms with van der Waals surface area (Å²) < 4.78 is 3.14. The first-order valence-corrected chi connectivity index (χ1v) is 6.30. The average molecular weight is 498 g/mol. The van der Waals surface area contributed by atoms with Crippen LogP contribution in [-0.2, 0) is 0 Å². The second-order valence-electron chi connectivity index (χ2n) is 2.13. The second-order valence-corrected chi connectivity index (χ2v) is 5.45. The first kappa shape index (κ1) is 11.0. The van der Waals surface area contributed by atoms with Gasteiger partial charge in [0.25, 0.3) is 0 Å². The van der Waals surface area contributed by atoms with Crippen LogP contribution in [0.4, 0.5) is 0 Å². The number of hydrogen-bond donors (Lipinski definition) is 1. The van der Waals surface area contributed by atoms with Gasteiger partial charge in [-0.05, 0) is 73.8 Å². The molecule has 0 atom stereocenters. The maximum absolute atomic E-state index is 9.62. The normalized spacial score (nSPS) is 9.92. The SMILES string of the molecule is C=Cc1cc(I)c(I)c(I)c1O. The summed E-state index contributed by atoms with van der Waals surface area (Å²) >= 11 is 6.60. The molecule has 1 N–H and O–H groups in total. The fourth-order valence-electron chi connectivity index (χ4n) is 0.759. The lowest BCUT2D eigenvalue weighted by Gasteiger charge is -2.05. The average Bonchev–Trinajstić information content (AvgIpc) is 2.08.